The van der Waals surface area contributed by atoms with Gasteiger partial charge < -0.3 is 16.4 Å². The van der Waals surface area contributed by atoms with Crippen LogP contribution in [0.15, 0.2) is 73.3 Å². The molecule has 1 aromatic carbocycles. The van der Waals surface area contributed by atoms with E-state index in [9.17, 15) is 9.18 Å². The number of amides is 1. The van der Waals surface area contributed by atoms with E-state index < -0.39 is 11.9 Å². The molecule has 0 bridgehead atoms. The van der Waals surface area contributed by atoms with Crippen LogP contribution in [-0.2, 0) is 6.54 Å². The van der Waals surface area contributed by atoms with Crippen molar-refractivity contribution in [1.29, 1.82) is 0 Å². The third kappa shape index (κ3) is 4.98. The fourth-order valence-electron chi connectivity index (χ4n) is 3.75. The second kappa shape index (κ2) is 10.0. The van der Waals surface area contributed by atoms with E-state index in [1.54, 1.807) is 42.7 Å². The standard InChI is InChI=1S/C26H22FN7OS/c1-15(21-8-5-17(27)12-30-21)34-26(35)19-3-2-10-29-25(19)31-13-18-6-9-23(36-18)16-4-7-22-20(11-16)24(28)33-14-32-22/h2-12,14-15H,13H2,1H3,(H,29,31)(H,34,35)(H2,28,32,33). The number of nitrogens with zero attached hydrogens (tertiary/aromatic N) is 4. The highest BCUT2D eigenvalue weighted by Crippen LogP contribution is 2.31. The normalized spacial score (nSPS) is 11.8. The molecule has 1 atom stereocenters. The van der Waals surface area contributed by atoms with Crippen molar-refractivity contribution in [3.63, 3.8) is 0 Å². The van der Waals surface area contributed by atoms with E-state index in [-0.39, 0.29) is 5.91 Å². The molecule has 5 aromatic rings. The molecular weight excluding hydrogens is 477 g/mol. The predicted molar refractivity (Wildman–Crippen MR) is 139 cm³/mol. The molecule has 36 heavy (non-hydrogen) atoms. The number of nitrogen functional groups attached to an aromatic ring is 1. The topological polar surface area (TPSA) is 119 Å². The number of rotatable bonds is 7. The van der Waals surface area contributed by atoms with Crippen LogP contribution in [0, 0.1) is 5.82 Å². The second-order valence-corrected chi connectivity index (χ2v) is 9.27. The van der Waals surface area contributed by atoms with Gasteiger partial charge in [0.2, 0.25) is 0 Å². The number of fused-ring (bicyclic) bond motifs is 1. The molecule has 180 valence electrons. The van der Waals surface area contributed by atoms with Gasteiger partial charge in [0.25, 0.3) is 5.91 Å². The molecule has 8 nitrogen and oxygen atoms in total. The smallest absolute Gasteiger partial charge is 0.255 e. The molecule has 5 rings (SSSR count). The Kier molecular flexibility index (Phi) is 6.50. The van der Waals surface area contributed by atoms with Gasteiger partial charge in [0, 0.05) is 21.3 Å². The van der Waals surface area contributed by atoms with E-state index in [2.05, 4.69) is 30.6 Å². The number of carbonyl (C=O) groups is 1. The molecule has 0 fully saturated rings. The molecule has 10 heteroatoms. The minimum Gasteiger partial charge on any atom is -0.383 e. The first kappa shape index (κ1) is 23.3. The van der Waals surface area contributed by atoms with Crippen molar-refractivity contribution in [2.24, 2.45) is 0 Å². The van der Waals surface area contributed by atoms with Crippen molar-refractivity contribution in [3.8, 4) is 10.4 Å². The maximum atomic E-state index is 13.2. The van der Waals surface area contributed by atoms with Crippen molar-refractivity contribution in [3.05, 3.63) is 95.3 Å². The third-order valence-electron chi connectivity index (χ3n) is 5.64. The molecule has 4 N–H and O–H groups in total. The highest BCUT2D eigenvalue weighted by Gasteiger charge is 2.17. The number of benzene rings is 1. The van der Waals surface area contributed by atoms with Gasteiger partial charge in [-0.15, -0.1) is 11.3 Å². The lowest BCUT2D eigenvalue weighted by Gasteiger charge is -2.15. The summed E-state index contributed by atoms with van der Waals surface area (Å²) in [4.78, 5) is 31.8. The Morgan fingerprint density at radius 2 is 1.97 bits per heavy atom. The van der Waals surface area contributed by atoms with Gasteiger partial charge in [-0.1, -0.05) is 6.07 Å². The molecule has 1 unspecified atom stereocenters. The van der Waals surface area contributed by atoms with Crippen LogP contribution in [-0.4, -0.2) is 25.8 Å². The van der Waals surface area contributed by atoms with Crippen LogP contribution in [0.3, 0.4) is 0 Å². The molecular formula is C26H22FN7OS. The average Bonchev–Trinajstić information content (AvgIpc) is 3.37. The number of nitrogens with one attached hydrogen (secondary N) is 2. The van der Waals surface area contributed by atoms with E-state index in [4.69, 9.17) is 5.73 Å². The van der Waals surface area contributed by atoms with Crippen molar-refractivity contribution >= 4 is 39.8 Å². The van der Waals surface area contributed by atoms with E-state index in [0.717, 1.165) is 32.4 Å². The lowest BCUT2D eigenvalue weighted by atomic mass is 10.1. The minimum absolute atomic E-state index is 0.299. The van der Waals surface area contributed by atoms with Crippen LogP contribution in [0.4, 0.5) is 16.0 Å². The summed E-state index contributed by atoms with van der Waals surface area (Å²) in [5.41, 5.74) is 8.82. The zero-order valence-corrected chi connectivity index (χ0v) is 20.1. The maximum absolute atomic E-state index is 13.2. The molecule has 1 amide bonds. The van der Waals surface area contributed by atoms with Crippen LogP contribution < -0.4 is 16.4 Å². The quantitative estimate of drug-likeness (QED) is 0.289. The van der Waals surface area contributed by atoms with Gasteiger partial charge in [-0.25, -0.2) is 19.3 Å². The minimum atomic E-state index is -0.425. The number of anilines is 2. The monoisotopic (exact) mass is 499 g/mol. The molecule has 0 saturated heterocycles. The first-order chi connectivity index (χ1) is 17.5. The summed E-state index contributed by atoms with van der Waals surface area (Å²) >= 11 is 1.63. The summed E-state index contributed by atoms with van der Waals surface area (Å²) in [6, 6.07) is 15.9. The molecule has 0 aliphatic carbocycles. The maximum Gasteiger partial charge on any atom is 0.255 e. The largest absolute Gasteiger partial charge is 0.383 e. The van der Waals surface area contributed by atoms with Crippen molar-refractivity contribution in [2.45, 2.75) is 19.5 Å². The van der Waals surface area contributed by atoms with Crippen molar-refractivity contribution in [1.82, 2.24) is 25.3 Å². The number of pyridine rings is 2. The molecule has 4 heterocycles. The van der Waals surface area contributed by atoms with Gasteiger partial charge in [-0.05, 0) is 61.0 Å². The number of nitrogens with two attached hydrogens (primary N) is 1. The SMILES string of the molecule is CC(NC(=O)c1cccnc1NCc1ccc(-c2ccc3ncnc(N)c3c2)s1)c1ccc(F)cn1. The first-order valence-corrected chi connectivity index (χ1v) is 12.0. The van der Waals surface area contributed by atoms with Gasteiger partial charge in [0.1, 0.15) is 23.8 Å². The fraction of sp³-hybridized carbons (Fsp3) is 0.115. The number of hydrogen-bond donors (Lipinski definition) is 3. The van der Waals surface area contributed by atoms with E-state index in [1.807, 2.05) is 30.3 Å². The van der Waals surface area contributed by atoms with E-state index >= 15 is 0 Å². The summed E-state index contributed by atoms with van der Waals surface area (Å²) < 4.78 is 13.2. The fourth-order valence-corrected chi connectivity index (χ4v) is 4.69. The molecule has 0 aliphatic rings. The Morgan fingerprint density at radius 1 is 1.08 bits per heavy atom. The highest BCUT2D eigenvalue weighted by atomic mass is 32.1. The van der Waals surface area contributed by atoms with Crippen LogP contribution in [0.25, 0.3) is 21.3 Å². The molecule has 0 saturated carbocycles. The number of halogens is 1. The number of carbonyl (C=O) groups excluding carboxylic acids is 1. The van der Waals surface area contributed by atoms with Gasteiger partial charge in [0.15, 0.2) is 0 Å². The summed E-state index contributed by atoms with van der Waals surface area (Å²) in [6.45, 7) is 2.29. The lowest BCUT2D eigenvalue weighted by Crippen LogP contribution is -2.28. The van der Waals surface area contributed by atoms with Gasteiger partial charge >= 0.3 is 0 Å². The zero-order valence-electron chi connectivity index (χ0n) is 19.3. The molecule has 0 aliphatic heterocycles. The summed E-state index contributed by atoms with van der Waals surface area (Å²) in [7, 11) is 0. The number of aromatic nitrogens is 4. The lowest BCUT2D eigenvalue weighted by molar-refractivity contribution is 0.0939. The zero-order chi connectivity index (χ0) is 25.1. The molecule has 0 radical (unpaired) electrons. The summed E-state index contributed by atoms with van der Waals surface area (Å²) in [5, 5.41) is 6.98. The Balaban J connectivity index is 1.28. The Hall–Kier alpha value is -4.44. The van der Waals surface area contributed by atoms with Crippen molar-refractivity contribution < 1.29 is 9.18 Å². The van der Waals surface area contributed by atoms with Crippen LogP contribution >= 0.6 is 11.3 Å². The molecule has 0 spiro atoms. The second-order valence-electron chi connectivity index (χ2n) is 8.11. The Bertz CT molecular complexity index is 1540. The third-order valence-corrected chi connectivity index (χ3v) is 6.77. The average molecular weight is 500 g/mol. The summed E-state index contributed by atoms with van der Waals surface area (Å²) in [6.07, 6.45) is 4.22. The highest BCUT2D eigenvalue weighted by molar-refractivity contribution is 7.15. The van der Waals surface area contributed by atoms with Crippen LogP contribution in [0.1, 0.15) is 33.9 Å². The predicted octanol–water partition coefficient (Wildman–Crippen LogP) is 4.97. The summed E-state index contributed by atoms with van der Waals surface area (Å²) in [5.74, 6) is 0.198. The van der Waals surface area contributed by atoms with Gasteiger partial charge in [0.05, 0.1) is 35.6 Å². The number of thiophene rings is 1. The van der Waals surface area contributed by atoms with Crippen LogP contribution in [0.5, 0.6) is 0 Å². The van der Waals surface area contributed by atoms with Gasteiger partial charge in [-0.3, -0.25) is 9.78 Å². The van der Waals surface area contributed by atoms with Gasteiger partial charge in [-0.2, -0.15) is 0 Å². The van der Waals surface area contributed by atoms with Crippen molar-refractivity contribution in [2.75, 3.05) is 11.1 Å². The van der Waals surface area contributed by atoms with E-state index in [0.29, 0.717) is 29.4 Å². The molecule has 4 aromatic heterocycles. The Morgan fingerprint density at radius 3 is 2.81 bits per heavy atom. The number of hydrogen-bond acceptors (Lipinski definition) is 8. The Labute approximate surface area is 210 Å². The van der Waals surface area contributed by atoms with E-state index in [1.165, 1.54) is 12.4 Å². The van der Waals surface area contributed by atoms with Crippen LogP contribution in [0.2, 0.25) is 0 Å². The first-order valence-electron chi connectivity index (χ1n) is 11.2.